The lowest BCUT2D eigenvalue weighted by atomic mass is 9.97. The minimum Gasteiger partial charge on any atom is -0.480 e. The predicted molar refractivity (Wildman–Crippen MR) is 65.1 cm³/mol. The zero-order chi connectivity index (χ0) is 13.2. The van der Waals surface area contributed by atoms with Crippen LogP contribution in [0.2, 0.25) is 0 Å². The molecule has 5 heteroatoms. The van der Waals surface area contributed by atoms with Gasteiger partial charge in [-0.15, -0.1) is 0 Å². The van der Waals surface area contributed by atoms with Crippen molar-refractivity contribution in [1.29, 1.82) is 0 Å². The average molecular weight is 255 g/mol. The van der Waals surface area contributed by atoms with Crippen LogP contribution in [0, 0.1) is 5.92 Å². The van der Waals surface area contributed by atoms with E-state index in [0.29, 0.717) is 25.3 Å². The van der Waals surface area contributed by atoms with E-state index in [1.807, 2.05) is 0 Å². The highest BCUT2D eigenvalue weighted by atomic mass is 16.5. The van der Waals surface area contributed by atoms with Gasteiger partial charge < -0.3 is 14.7 Å². The topological polar surface area (TPSA) is 66.8 Å². The van der Waals surface area contributed by atoms with Crippen LogP contribution in [0.25, 0.3) is 0 Å². The Morgan fingerprint density at radius 1 is 1.50 bits per heavy atom. The molecule has 0 aromatic heterocycles. The summed E-state index contributed by atoms with van der Waals surface area (Å²) in [6.45, 7) is 3.75. The molecule has 0 aliphatic carbocycles. The standard InChI is InChI=1S/C13H21NO4/c1-13(12(16)17)6-2-7-14(13)11(15)4-3-10-5-8-18-9-10/h10H,2-9H2,1H3,(H,16,17)/t10-,13-/m1/s1. The fourth-order valence-corrected chi connectivity index (χ4v) is 2.86. The SMILES string of the molecule is C[C@]1(C(=O)O)CCCN1C(=O)CC[C@@H]1CCOC1. The Bertz CT molecular complexity index is 338. The molecular formula is C13H21NO4. The molecule has 0 unspecified atom stereocenters. The molecule has 0 bridgehead atoms. The number of nitrogens with zero attached hydrogens (tertiary/aromatic N) is 1. The minimum atomic E-state index is -0.997. The first-order valence-electron chi connectivity index (χ1n) is 6.65. The molecule has 1 N–H and O–H groups in total. The van der Waals surface area contributed by atoms with Crippen LogP contribution >= 0.6 is 0 Å². The number of hydrogen-bond donors (Lipinski definition) is 1. The minimum absolute atomic E-state index is 0.0238. The molecule has 0 spiro atoms. The van der Waals surface area contributed by atoms with Gasteiger partial charge in [-0.3, -0.25) is 4.79 Å². The van der Waals surface area contributed by atoms with E-state index >= 15 is 0 Å². The summed E-state index contributed by atoms with van der Waals surface area (Å²) in [5.41, 5.74) is -0.997. The number of carboxylic acid groups (broad SMARTS) is 1. The first kappa shape index (κ1) is 13.3. The van der Waals surface area contributed by atoms with E-state index in [1.165, 1.54) is 0 Å². The Hall–Kier alpha value is -1.10. The van der Waals surface area contributed by atoms with Crippen LogP contribution in [0.5, 0.6) is 0 Å². The average Bonchev–Trinajstić information content (AvgIpc) is 2.95. The molecule has 2 saturated heterocycles. The maximum absolute atomic E-state index is 12.1. The van der Waals surface area contributed by atoms with Crippen LogP contribution in [0.3, 0.4) is 0 Å². The molecule has 2 atom stereocenters. The highest BCUT2D eigenvalue weighted by Crippen LogP contribution is 2.30. The summed E-state index contributed by atoms with van der Waals surface area (Å²) in [4.78, 5) is 25.0. The molecule has 2 heterocycles. The van der Waals surface area contributed by atoms with Crippen molar-refractivity contribution in [3.8, 4) is 0 Å². The molecule has 2 aliphatic rings. The summed E-state index contributed by atoms with van der Waals surface area (Å²) in [5.74, 6) is -0.450. The summed E-state index contributed by atoms with van der Waals surface area (Å²) in [6, 6.07) is 0. The second-order valence-electron chi connectivity index (χ2n) is 5.50. The van der Waals surface area contributed by atoms with Crippen molar-refractivity contribution in [3.63, 3.8) is 0 Å². The van der Waals surface area contributed by atoms with Crippen LogP contribution in [0.15, 0.2) is 0 Å². The lowest BCUT2D eigenvalue weighted by Gasteiger charge is -2.31. The smallest absolute Gasteiger partial charge is 0.329 e. The van der Waals surface area contributed by atoms with Gasteiger partial charge in [0.1, 0.15) is 5.54 Å². The highest BCUT2D eigenvalue weighted by Gasteiger charge is 2.45. The van der Waals surface area contributed by atoms with Gasteiger partial charge in [0.2, 0.25) is 5.91 Å². The van der Waals surface area contributed by atoms with Gasteiger partial charge in [-0.2, -0.15) is 0 Å². The zero-order valence-electron chi connectivity index (χ0n) is 10.9. The van der Waals surface area contributed by atoms with Crippen molar-refractivity contribution in [2.24, 2.45) is 5.92 Å². The first-order valence-corrected chi connectivity index (χ1v) is 6.65. The quantitative estimate of drug-likeness (QED) is 0.821. The van der Waals surface area contributed by atoms with E-state index in [1.54, 1.807) is 11.8 Å². The maximum Gasteiger partial charge on any atom is 0.329 e. The lowest BCUT2D eigenvalue weighted by molar-refractivity contribution is -0.155. The molecular weight excluding hydrogens is 234 g/mol. The van der Waals surface area contributed by atoms with Crippen molar-refractivity contribution in [3.05, 3.63) is 0 Å². The normalized spacial score (nSPS) is 31.8. The van der Waals surface area contributed by atoms with E-state index in [0.717, 1.165) is 32.5 Å². The second-order valence-corrected chi connectivity index (χ2v) is 5.50. The van der Waals surface area contributed by atoms with Crippen LogP contribution in [0.4, 0.5) is 0 Å². The molecule has 2 aliphatic heterocycles. The highest BCUT2D eigenvalue weighted by molar-refractivity contribution is 5.87. The fourth-order valence-electron chi connectivity index (χ4n) is 2.86. The number of rotatable bonds is 4. The molecule has 0 aromatic carbocycles. The van der Waals surface area contributed by atoms with E-state index in [2.05, 4.69) is 0 Å². The van der Waals surface area contributed by atoms with Crippen molar-refractivity contribution in [1.82, 2.24) is 4.90 Å². The molecule has 5 nitrogen and oxygen atoms in total. The Labute approximate surface area is 107 Å². The van der Waals surface area contributed by atoms with Crippen LogP contribution in [-0.2, 0) is 14.3 Å². The molecule has 2 fully saturated rings. The predicted octanol–water partition coefficient (Wildman–Crippen LogP) is 1.27. The number of aliphatic carboxylic acids is 1. The van der Waals surface area contributed by atoms with E-state index in [9.17, 15) is 14.7 Å². The maximum atomic E-state index is 12.1. The van der Waals surface area contributed by atoms with E-state index < -0.39 is 11.5 Å². The Morgan fingerprint density at radius 3 is 2.89 bits per heavy atom. The number of ether oxygens (including phenoxy) is 1. The lowest BCUT2D eigenvalue weighted by Crippen LogP contribution is -2.50. The number of likely N-dealkylation sites (tertiary alicyclic amines) is 1. The summed E-state index contributed by atoms with van der Waals surface area (Å²) in [5, 5.41) is 9.26. The summed E-state index contributed by atoms with van der Waals surface area (Å²) >= 11 is 0. The summed E-state index contributed by atoms with van der Waals surface area (Å²) in [7, 11) is 0. The van der Waals surface area contributed by atoms with Gasteiger partial charge in [0.15, 0.2) is 0 Å². The molecule has 0 radical (unpaired) electrons. The molecule has 1 amide bonds. The van der Waals surface area contributed by atoms with Crippen molar-refractivity contribution in [2.45, 2.75) is 44.6 Å². The van der Waals surface area contributed by atoms with Gasteiger partial charge in [-0.1, -0.05) is 0 Å². The van der Waals surface area contributed by atoms with Gasteiger partial charge in [0.25, 0.3) is 0 Å². The van der Waals surface area contributed by atoms with Gasteiger partial charge in [0.05, 0.1) is 0 Å². The van der Waals surface area contributed by atoms with E-state index in [-0.39, 0.29) is 5.91 Å². The number of amides is 1. The van der Waals surface area contributed by atoms with Crippen LogP contribution < -0.4 is 0 Å². The summed E-state index contributed by atoms with van der Waals surface area (Å²) in [6.07, 6.45) is 3.60. The number of carboxylic acids is 1. The second kappa shape index (κ2) is 5.26. The molecule has 0 saturated carbocycles. The van der Waals surface area contributed by atoms with Gasteiger partial charge >= 0.3 is 5.97 Å². The van der Waals surface area contributed by atoms with Crippen LogP contribution in [0.1, 0.15) is 39.0 Å². The largest absolute Gasteiger partial charge is 0.480 e. The molecule has 0 aromatic rings. The number of carbonyl (C=O) groups is 2. The van der Waals surface area contributed by atoms with E-state index in [4.69, 9.17) is 4.74 Å². The third kappa shape index (κ3) is 2.51. The Morgan fingerprint density at radius 2 is 2.28 bits per heavy atom. The van der Waals surface area contributed by atoms with Crippen LogP contribution in [-0.4, -0.2) is 47.2 Å². The third-order valence-electron chi connectivity index (χ3n) is 4.19. The van der Waals surface area contributed by atoms with Crippen molar-refractivity contribution in [2.75, 3.05) is 19.8 Å². The molecule has 18 heavy (non-hydrogen) atoms. The first-order chi connectivity index (χ1) is 8.54. The van der Waals surface area contributed by atoms with Gasteiger partial charge in [-0.05, 0) is 38.5 Å². The Balaban J connectivity index is 1.89. The monoisotopic (exact) mass is 255 g/mol. The number of hydrogen-bond acceptors (Lipinski definition) is 3. The summed E-state index contributed by atoms with van der Waals surface area (Å²) < 4.78 is 5.28. The number of carbonyl (C=O) groups excluding carboxylic acids is 1. The third-order valence-corrected chi connectivity index (χ3v) is 4.19. The fraction of sp³-hybridized carbons (Fsp3) is 0.846. The van der Waals surface area contributed by atoms with Gasteiger partial charge in [0, 0.05) is 26.2 Å². The van der Waals surface area contributed by atoms with Gasteiger partial charge in [-0.25, -0.2) is 4.79 Å². The molecule has 2 rings (SSSR count). The molecule has 102 valence electrons. The van der Waals surface area contributed by atoms with Crippen molar-refractivity contribution >= 4 is 11.9 Å². The zero-order valence-corrected chi connectivity index (χ0v) is 10.9. The Kier molecular flexibility index (Phi) is 3.90. The van der Waals surface area contributed by atoms with Crippen molar-refractivity contribution < 1.29 is 19.4 Å².